The molecule has 2 rings (SSSR count). The molecule has 1 aromatic carbocycles. The van der Waals surface area contributed by atoms with Gasteiger partial charge in [0.2, 0.25) is 0 Å². The minimum atomic E-state index is -0.876. The molecule has 1 aliphatic carbocycles. The fourth-order valence-electron chi connectivity index (χ4n) is 2.91. The van der Waals surface area contributed by atoms with E-state index in [4.69, 9.17) is 0 Å². The fraction of sp³-hybridized carbons (Fsp3) is 0.625. The lowest BCUT2D eigenvalue weighted by Gasteiger charge is -2.32. The van der Waals surface area contributed by atoms with Crippen molar-refractivity contribution in [1.29, 1.82) is 0 Å². The van der Waals surface area contributed by atoms with Gasteiger partial charge in [-0.1, -0.05) is 49.9 Å². The summed E-state index contributed by atoms with van der Waals surface area (Å²) in [6.07, 6.45) is 5.81. The number of hydrogen-bond acceptors (Lipinski definition) is 2. The van der Waals surface area contributed by atoms with Crippen LogP contribution in [0.1, 0.15) is 49.7 Å². The van der Waals surface area contributed by atoms with Crippen LogP contribution in [0.3, 0.4) is 0 Å². The molecule has 0 saturated heterocycles. The standard InChI is InChI=1S/C16H24O2/c1-13-8-4-5-9-14(13)12-15(17)16(18)10-6-2-3-7-11-16/h4-5,8-9,15,17-18H,2-3,6-7,10-12H2,1H3. The van der Waals surface area contributed by atoms with Gasteiger partial charge < -0.3 is 10.2 Å². The van der Waals surface area contributed by atoms with Gasteiger partial charge in [-0.3, -0.25) is 0 Å². The molecule has 0 aliphatic heterocycles. The van der Waals surface area contributed by atoms with Crippen molar-refractivity contribution in [2.75, 3.05) is 0 Å². The van der Waals surface area contributed by atoms with Gasteiger partial charge in [0.25, 0.3) is 0 Å². The Morgan fingerprint density at radius 3 is 2.33 bits per heavy atom. The Balaban J connectivity index is 2.06. The lowest BCUT2D eigenvalue weighted by molar-refractivity contribution is -0.0837. The zero-order chi connectivity index (χ0) is 13.0. The third-order valence-electron chi connectivity index (χ3n) is 4.26. The first kappa shape index (κ1) is 13.6. The van der Waals surface area contributed by atoms with Crippen molar-refractivity contribution < 1.29 is 10.2 Å². The number of aliphatic hydroxyl groups is 2. The second-order valence-electron chi connectivity index (χ2n) is 5.66. The zero-order valence-corrected chi connectivity index (χ0v) is 11.2. The van der Waals surface area contributed by atoms with Gasteiger partial charge in [0.15, 0.2) is 0 Å². The van der Waals surface area contributed by atoms with E-state index >= 15 is 0 Å². The van der Waals surface area contributed by atoms with Crippen molar-refractivity contribution >= 4 is 0 Å². The SMILES string of the molecule is Cc1ccccc1CC(O)C1(O)CCCCCC1. The van der Waals surface area contributed by atoms with E-state index in [1.807, 2.05) is 18.2 Å². The first-order chi connectivity index (χ1) is 8.62. The van der Waals surface area contributed by atoms with Crippen LogP contribution < -0.4 is 0 Å². The van der Waals surface area contributed by atoms with Crippen LogP contribution in [0.4, 0.5) is 0 Å². The third kappa shape index (κ3) is 3.12. The Bertz CT molecular complexity index is 378. The van der Waals surface area contributed by atoms with E-state index in [0.29, 0.717) is 6.42 Å². The molecule has 1 aliphatic rings. The van der Waals surface area contributed by atoms with Crippen molar-refractivity contribution in [3.8, 4) is 0 Å². The molecule has 0 heterocycles. The molecule has 1 aromatic rings. The molecule has 1 saturated carbocycles. The third-order valence-corrected chi connectivity index (χ3v) is 4.26. The first-order valence-corrected chi connectivity index (χ1v) is 7.07. The van der Waals surface area contributed by atoms with Crippen LogP contribution in [-0.2, 0) is 6.42 Å². The number of benzene rings is 1. The highest BCUT2D eigenvalue weighted by molar-refractivity contribution is 5.26. The second kappa shape index (κ2) is 5.85. The number of aryl methyl sites for hydroxylation is 1. The topological polar surface area (TPSA) is 40.5 Å². The molecular weight excluding hydrogens is 224 g/mol. The predicted octanol–water partition coefficient (Wildman–Crippen LogP) is 2.98. The lowest BCUT2D eigenvalue weighted by atomic mass is 9.84. The molecule has 1 fully saturated rings. The normalized spacial score (nSPS) is 21.3. The molecule has 0 spiro atoms. The van der Waals surface area contributed by atoms with E-state index in [-0.39, 0.29) is 0 Å². The highest BCUT2D eigenvalue weighted by Gasteiger charge is 2.35. The fourth-order valence-corrected chi connectivity index (χ4v) is 2.91. The van der Waals surface area contributed by atoms with E-state index in [1.54, 1.807) is 0 Å². The Morgan fingerprint density at radius 1 is 1.11 bits per heavy atom. The summed E-state index contributed by atoms with van der Waals surface area (Å²) in [5, 5.41) is 21.0. The van der Waals surface area contributed by atoms with Crippen molar-refractivity contribution in [2.45, 2.75) is 63.6 Å². The average Bonchev–Trinajstić information content (AvgIpc) is 2.58. The average molecular weight is 248 g/mol. The van der Waals surface area contributed by atoms with E-state index in [1.165, 1.54) is 18.4 Å². The van der Waals surface area contributed by atoms with Crippen LogP contribution in [-0.4, -0.2) is 21.9 Å². The van der Waals surface area contributed by atoms with Gasteiger partial charge in [0, 0.05) is 6.42 Å². The van der Waals surface area contributed by atoms with Gasteiger partial charge in [-0.15, -0.1) is 0 Å². The summed E-state index contributed by atoms with van der Waals surface area (Å²) >= 11 is 0. The zero-order valence-electron chi connectivity index (χ0n) is 11.2. The molecular formula is C16H24O2. The summed E-state index contributed by atoms with van der Waals surface area (Å²) < 4.78 is 0. The molecule has 0 bridgehead atoms. The maximum absolute atomic E-state index is 10.6. The largest absolute Gasteiger partial charge is 0.390 e. The van der Waals surface area contributed by atoms with Gasteiger partial charge in [-0.2, -0.15) is 0 Å². The summed E-state index contributed by atoms with van der Waals surface area (Å²) in [6, 6.07) is 8.09. The highest BCUT2D eigenvalue weighted by atomic mass is 16.3. The van der Waals surface area contributed by atoms with Crippen molar-refractivity contribution in [2.24, 2.45) is 0 Å². The maximum atomic E-state index is 10.6. The van der Waals surface area contributed by atoms with E-state index in [2.05, 4.69) is 13.0 Å². The van der Waals surface area contributed by atoms with Gasteiger partial charge in [-0.05, 0) is 30.9 Å². The van der Waals surface area contributed by atoms with Crippen LogP contribution in [0.5, 0.6) is 0 Å². The van der Waals surface area contributed by atoms with Gasteiger partial charge in [-0.25, -0.2) is 0 Å². The Morgan fingerprint density at radius 2 is 1.72 bits per heavy atom. The highest BCUT2D eigenvalue weighted by Crippen LogP contribution is 2.31. The van der Waals surface area contributed by atoms with E-state index < -0.39 is 11.7 Å². The summed E-state index contributed by atoms with van der Waals surface area (Å²) in [5.41, 5.74) is 1.45. The van der Waals surface area contributed by atoms with Gasteiger partial charge >= 0.3 is 0 Å². The monoisotopic (exact) mass is 248 g/mol. The summed E-state index contributed by atoms with van der Waals surface area (Å²) in [5.74, 6) is 0. The molecule has 100 valence electrons. The summed E-state index contributed by atoms with van der Waals surface area (Å²) in [4.78, 5) is 0. The smallest absolute Gasteiger partial charge is 0.0908 e. The molecule has 2 N–H and O–H groups in total. The molecule has 1 atom stereocenters. The second-order valence-corrected chi connectivity index (χ2v) is 5.66. The van der Waals surface area contributed by atoms with Crippen molar-refractivity contribution in [3.05, 3.63) is 35.4 Å². The number of aliphatic hydroxyl groups excluding tert-OH is 1. The van der Waals surface area contributed by atoms with Crippen LogP contribution in [0.15, 0.2) is 24.3 Å². The quantitative estimate of drug-likeness (QED) is 0.807. The van der Waals surface area contributed by atoms with Crippen LogP contribution >= 0.6 is 0 Å². The van der Waals surface area contributed by atoms with Crippen LogP contribution in [0.25, 0.3) is 0 Å². The Labute approximate surface area is 110 Å². The Hall–Kier alpha value is -0.860. The molecule has 0 radical (unpaired) electrons. The predicted molar refractivity (Wildman–Crippen MR) is 73.5 cm³/mol. The lowest BCUT2D eigenvalue weighted by Crippen LogP contribution is -2.43. The molecule has 2 heteroatoms. The van der Waals surface area contributed by atoms with Gasteiger partial charge in [0.1, 0.15) is 0 Å². The molecule has 2 nitrogen and oxygen atoms in total. The summed E-state index contributed by atoms with van der Waals surface area (Å²) in [6.45, 7) is 2.05. The van der Waals surface area contributed by atoms with Crippen molar-refractivity contribution in [1.82, 2.24) is 0 Å². The molecule has 18 heavy (non-hydrogen) atoms. The summed E-state index contributed by atoms with van der Waals surface area (Å²) in [7, 11) is 0. The van der Waals surface area contributed by atoms with E-state index in [9.17, 15) is 10.2 Å². The molecule has 0 amide bonds. The van der Waals surface area contributed by atoms with Gasteiger partial charge in [0.05, 0.1) is 11.7 Å². The number of hydrogen-bond donors (Lipinski definition) is 2. The minimum absolute atomic E-state index is 0.559. The van der Waals surface area contributed by atoms with E-state index in [0.717, 1.165) is 31.2 Å². The molecule has 0 aromatic heterocycles. The van der Waals surface area contributed by atoms with Crippen LogP contribution in [0, 0.1) is 6.92 Å². The Kier molecular flexibility index (Phi) is 4.41. The number of rotatable bonds is 3. The first-order valence-electron chi connectivity index (χ1n) is 7.07. The van der Waals surface area contributed by atoms with Crippen LogP contribution in [0.2, 0.25) is 0 Å². The minimum Gasteiger partial charge on any atom is -0.390 e. The molecule has 1 unspecified atom stereocenters. The van der Waals surface area contributed by atoms with Crippen molar-refractivity contribution in [3.63, 3.8) is 0 Å². The maximum Gasteiger partial charge on any atom is 0.0908 e.